The number of para-hydroxylation sites is 2. The van der Waals surface area contributed by atoms with Crippen molar-refractivity contribution in [3.05, 3.63) is 94.8 Å². The van der Waals surface area contributed by atoms with E-state index in [1.54, 1.807) is 24.3 Å². The van der Waals surface area contributed by atoms with Crippen LogP contribution >= 0.6 is 11.6 Å². The quantitative estimate of drug-likeness (QED) is 0.423. The van der Waals surface area contributed by atoms with Gasteiger partial charge in [0.25, 0.3) is 5.91 Å². The third-order valence-electron chi connectivity index (χ3n) is 5.09. The van der Waals surface area contributed by atoms with Crippen molar-refractivity contribution in [1.82, 2.24) is 14.9 Å². The Kier molecular flexibility index (Phi) is 6.53. The van der Waals surface area contributed by atoms with Crippen molar-refractivity contribution >= 4 is 28.5 Å². The van der Waals surface area contributed by atoms with Gasteiger partial charge in [-0.15, -0.1) is 0 Å². The molecule has 0 aliphatic heterocycles. The van der Waals surface area contributed by atoms with Gasteiger partial charge in [0, 0.05) is 13.0 Å². The van der Waals surface area contributed by atoms with Crippen LogP contribution in [0.25, 0.3) is 11.0 Å². The largest absolute Gasteiger partial charge is 0.492 e. The summed E-state index contributed by atoms with van der Waals surface area (Å²) in [6, 6.07) is 23.1. The highest BCUT2D eigenvalue weighted by atomic mass is 35.5. The summed E-state index contributed by atoms with van der Waals surface area (Å²) in [5.41, 5.74) is 3.67. The number of ether oxygens (including phenoxy) is 1. The first-order chi connectivity index (χ1) is 15.1. The van der Waals surface area contributed by atoms with Gasteiger partial charge in [0.05, 0.1) is 28.2 Å². The molecule has 0 radical (unpaired) electrons. The maximum Gasteiger partial charge on any atom is 0.252 e. The first kappa shape index (κ1) is 20.9. The molecule has 31 heavy (non-hydrogen) atoms. The first-order valence-corrected chi connectivity index (χ1v) is 10.7. The maximum absolute atomic E-state index is 12.4. The lowest BCUT2D eigenvalue weighted by atomic mass is 10.2. The summed E-state index contributed by atoms with van der Waals surface area (Å²) in [4.78, 5) is 17.2. The zero-order chi connectivity index (χ0) is 21.6. The Labute approximate surface area is 186 Å². The smallest absolute Gasteiger partial charge is 0.252 e. The van der Waals surface area contributed by atoms with Gasteiger partial charge in [-0.3, -0.25) is 4.79 Å². The molecular formula is C25H24ClN3O2. The molecule has 3 aromatic carbocycles. The van der Waals surface area contributed by atoms with E-state index in [2.05, 4.69) is 22.9 Å². The molecular weight excluding hydrogens is 410 g/mol. The van der Waals surface area contributed by atoms with Crippen LogP contribution < -0.4 is 10.1 Å². The topological polar surface area (TPSA) is 56.1 Å². The number of imidazole rings is 1. The number of rotatable bonds is 8. The number of hydrogen-bond acceptors (Lipinski definition) is 3. The monoisotopic (exact) mass is 433 g/mol. The Bertz CT molecular complexity index is 1190. The van der Waals surface area contributed by atoms with Gasteiger partial charge in [-0.05, 0) is 43.3 Å². The van der Waals surface area contributed by atoms with Crippen LogP contribution in [-0.4, -0.2) is 28.6 Å². The zero-order valence-electron chi connectivity index (χ0n) is 17.3. The lowest BCUT2D eigenvalue weighted by molar-refractivity contribution is 0.0954. The highest BCUT2D eigenvalue weighted by molar-refractivity contribution is 6.33. The number of halogens is 1. The second-order valence-electron chi connectivity index (χ2n) is 7.32. The van der Waals surface area contributed by atoms with Crippen molar-refractivity contribution in [3.63, 3.8) is 0 Å². The van der Waals surface area contributed by atoms with Crippen LogP contribution in [0.5, 0.6) is 5.75 Å². The summed E-state index contributed by atoms with van der Waals surface area (Å²) in [5, 5.41) is 3.38. The van der Waals surface area contributed by atoms with Crippen LogP contribution in [0.15, 0.2) is 72.8 Å². The highest BCUT2D eigenvalue weighted by Gasteiger charge is 2.13. The molecule has 0 spiro atoms. The van der Waals surface area contributed by atoms with Crippen molar-refractivity contribution < 1.29 is 9.53 Å². The first-order valence-electron chi connectivity index (χ1n) is 10.3. The molecule has 4 aromatic rings. The normalized spacial score (nSPS) is 10.9. The molecule has 1 amide bonds. The fourth-order valence-electron chi connectivity index (χ4n) is 3.48. The molecule has 0 unspecified atom stereocenters. The number of carbonyl (C=O) groups is 1. The van der Waals surface area contributed by atoms with E-state index in [1.807, 2.05) is 42.5 Å². The standard InChI is InChI=1S/C25H24ClN3O2/c1-18-10-12-19(13-11-18)31-17-16-29-23-9-5-4-8-22(23)28-24(29)14-15-27-25(30)20-6-2-3-7-21(20)26/h2-13H,14-17H2,1H3,(H,27,30). The van der Waals surface area contributed by atoms with Crippen LogP contribution in [-0.2, 0) is 13.0 Å². The number of amides is 1. The number of nitrogens with zero attached hydrogens (tertiary/aromatic N) is 2. The average Bonchev–Trinajstić information content (AvgIpc) is 3.13. The molecule has 1 heterocycles. The number of fused-ring (bicyclic) bond motifs is 1. The molecule has 5 nitrogen and oxygen atoms in total. The molecule has 0 saturated carbocycles. The number of benzene rings is 3. The number of carbonyl (C=O) groups excluding carboxylic acids is 1. The molecule has 1 N–H and O–H groups in total. The Hall–Kier alpha value is -3.31. The summed E-state index contributed by atoms with van der Waals surface area (Å²) in [6.07, 6.45) is 0.607. The second-order valence-corrected chi connectivity index (χ2v) is 7.72. The Balaban J connectivity index is 1.42. The molecule has 0 aliphatic rings. The average molecular weight is 434 g/mol. The van der Waals surface area contributed by atoms with Crippen molar-refractivity contribution in [3.8, 4) is 5.75 Å². The van der Waals surface area contributed by atoms with Gasteiger partial charge in [0.2, 0.25) is 0 Å². The van der Waals surface area contributed by atoms with E-state index >= 15 is 0 Å². The van der Waals surface area contributed by atoms with Crippen LogP contribution in [0.1, 0.15) is 21.7 Å². The number of nitrogens with one attached hydrogen (secondary N) is 1. The van der Waals surface area contributed by atoms with E-state index in [-0.39, 0.29) is 5.91 Å². The summed E-state index contributed by atoms with van der Waals surface area (Å²) < 4.78 is 8.08. The van der Waals surface area contributed by atoms with Gasteiger partial charge < -0.3 is 14.6 Å². The van der Waals surface area contributed by atoms with Crippen LogP contribution in [0.4, 0.5) is 0 Å². The molecule has 0 saturated heterocycles. The Morgan fingerprint density at radius 2 is 1.77 bits per heavy atom. The number of aryl methyl sites for hydroxylation is 1. The molecule has 0 bridgehead atoms. The number of aromatic nitrogens is 2. The van der Waals surface area contributed by atoms with E-state index in [4.69, 9.17) is 21.3 Å². The molecule has 0 fully saturated rings. The van der Waals surface area contributed by atoms with E-state index in [9.17, 15) is 4.79 Å². The van der Waals surface area contributed by atoms with Crippen LogP contribution in [0.2, 0.25) is 5.02 Å². The zero-order valence-corrected chi connectivity index (χ0v) is 18.1. The lowest BCUT2D eigenvalue weighted by Gasteiger charge is -2.12. The molecule has 158 valence electrons. The van der Waals surface area contributed by atoms with Crippen molar-refractivity contribution in [2.24, 2.45) is 0 Å². The molecule has 0 atom stereocenters. The molecule has 1 aromatic heterocycles. The van der Waals surface area contributed by atoms with Gasteiger partial charge in [-0.2, -0.15) is 0 Å². The minimum absolute atomic E-state index is 0.184. The predicted molar refractivity (Wildman–Crippen MR) is 124 cm³/mol. The SMILES string of the molecule is Cc1ccc(OCCn2c(CCNC(=O)c3ccccc3Cl)nc3ccccc32)cc1. The van der Waals surface area contributed by atoms with Crippen molar-refractivity contribution in [2.75, 3.05) is 13.2 Å². The van der Waals surface area contributed by atoms with Crippen molar-refractivity contribution in [1.29, 1.82) is 0 Å². The van der Waals surface area contributed by atoms with E-state index < -0.39 is 0 Å². The third kappa shape index (κ3) is 5.06. The summed E-state index contributed by atoms with van der Waals surface area (Å²) in [5.74, 6) is 1.58. The maximum atomic E-state index is 12.4. The van der Waals surface area contributed by atoms with Gasteiger partial charge in [0.15, 0.2) is 0 Å². The van der Waals surface area contributed by atoms with Gasteiger partial charge in [-0.1, -0.05) is 53.6 Å². The van der Waals surface area contributed by atoms with Crippen LogP contribution in [0, 0.1) is 6.92 Å². The summed E-state index contributed by atoms with van der Waals surface area (Å²) >= 11 is 6.12. The third-order valence-corrected chi connectivity index (χ3v) is 5.42. The molecule has 4 rings (SSSR count). The van der Waals surface area contributed by atoms with E-state index in [1.165, 1.54) is 5.56 Å². The van der Waals surface area contributed by atoms with Crippen molar-refractivity contribution in [2.45, 2.75) is 19.9 Å². The van der Waals surface area contributed by atoms with Gasteiger partial charge in [-0.25, -0.2) is 4.98 Å². The minimum atomic E-state index is -0.184. The Morgan fingerprint density at radius 3 is 2.58 bits per heavy atom. The summed E-state index contributed by atoms with van der Waals surface area (Å²) in [7, 11) is 0. The van der Waals surface area contributed by atoms with Gasteiger partial charge in [0.1, 0.15) is 18.2 Å². The van der Waals surface area contributed by atoms with Gasteiger partial charge >= 0.3 is 0 Å². The highest BCUT2D eigenvalue weighted by Crippen LogP contribution is 2.18. The van der Waals surface area contributed by atoms with E-state index in [0.717, 1.165) is 22.6 Å². The lowest BCUT2D eigenvalue weighted by Crippen LogP contribution is -2.27. The van der Waals surface area contributed by atoms with E-state index in [0.29, 0.717) is 36.7 Å². The second kappa shape index (κ2) is 9.67. The fraction of sp³-hybridized carbons (Fsp3) is 0.200. The molecule has 0 aliphatic carbocycles. The Morgan fingerprint density at radius 1 is 1.03 bits per heavy atom. The minimum Gasteiger partial charge on any atom is -0.492 e. The fourth-order valence-corrected chi connectivity index (χ4v) is 3.70. The van der Waals surface area contributed by atoms with Crippen LogP contribution in [0.3, 0.4) is 0 Å². The molecule has 6 heteroatoms. The number of hydrogen-bond donors (Lipinski definition) is 1. The predicted octanol–water partition coefficient (Wildman–Crippen LogP) is 5.05. The summed E-state index contributed by atoms with van der Waals surface area (Å²) in [6.45, 7) is 3.72.